The summed E-state index contributed by atoms with van der Waals surface area (Å²) in [6, 6.07) is 8.32. The fourth-order valence-electron chi connectivity index (χ4n) is 1.82. The van der Waals surface area contributed by atoms with Crippen LogP contribution in [0.25, 0.3) is 0 Å². The molecule has 0 radical (unpaired) electrons. The summed E-state index contributed by atoms with van der Waals surface area (Å²) in [5.41, 5.74) is 1.72. The Hall–Kier alpha value is -1.51. The van der Waals surface area contributed by atoms with Crippen LogP contribution in [0.15, 0.2) is 24.3 Å². The Morgan fingerprint density at radius 2 is 2.06 bits per heavy atom. The average Bonchev–Trinajstić information content (AvgIpc) is 2.29. The zero-order chi connectivity index (χ0) is 13.8. The predicted octanol–water partition coefficient (Wildman–Crippen LogP) is 3.32. The van der Waals surface area contributed by atoms with Crippen molar-refractivity contribution in [1.82, 2.24) is 0 Å². The van der Waals surface area contributed by atoms with Crippen molar-refractivity contribution >= 4 is 11.7 Å². The van der Waals surface area contributed by atoms with Crippen molar-refractivity contribution in [1.29, 1.82) is 0 Å². The summed E-state index contributed by atoms with van der Waals surface area (Å²) in [7, 11) is 0. The molecule has 0 aliphatic carbocycles. The van der Waals surface area contributed by atoms with E-state index in [9.17, 15) is 4.79 Å². The molecule has 0 aliphatic heterocycles. The summed E-state index contributed by atoms with van der Waals surface area (Å²) in [6.07, 6.45) is 0.643. The Bertz CT molecular complexity index is 413. The molecule has 1 aromatic carbocycles. The molecular weight excluding hydrogens is 226 g/mol. The van der Waals surface area contributed by atoms with Crippen molar-refractivity contribution in [3.63, 3.8) is 0 Å². The number of aryl methyl sites for hydroxylation is 1. The molecule has 0 atom stereocenters. The highest BCUT2D eigenvalue weighted by atomic mass is 16.4. The first-order valence-electron chi connectivity index (χ1n) is 6.42. The summed E-state index contributed by atoms with van der Waals surface area (Å²) in [5, 5.41) is 9.12. The highest BCUT2D eigenvalue weighted by molar-refractivity contribution is 5.73. The molecule has 0 aliphatic rings. The molecule has 3 nitrogen and oxygen atoms in total. The van der Waals surface area contributed by atoms with Crippen LogP contribution in [0.2, 0.25) is 0 Å². The predicted molar refractivity (Wildman–Crippen MR) is 75.1 cm³/mol. The van der Waals surface area contributed by atoms with Gasteiger partial charge in [-0.15, -0.1) is 0 Å². The standard InChI is InChI=1S/C15H23NO2/c1-5-16(10-9-15(3,4)14(17)18)13-8-6-7-12(2)11-13/h6-8,11H,5,9-10H2,1-4H3,(H,17,18). The SMILES string of the molecule is CCN(CCC(C)(C)C(=O)O)c1cccc(C)c1. The number of benzene rings is 1. The first kappa shape index (κ1) is 14.6. The number of aliphatic carboxylic acids is 1. The number of hydrogen-bond acceptors (Lipinski definition) is 2. The molecule has 100 valence electrons. The molecule has 0 amide bonds. The Kier molecular flexibility index (Phi) is 4.76. The second-order valence-corrected chi connectivity index (χ2v) is 5.36. The lowest BCUT2D eigenvalue weighted by molar-refractivity contribution is -0.147. The molecule has 0 saturated carbocycles. The van der Waals surface area contributed by atoms with E-state index in [2.05, 4.69) is 36.9 Å². The van der Waals surface area contributed by atoms with E-state index in [1.807, 2.05) is 6.07 Å². The van der Waals surface area contributed by atoms with Crippen molar-refractivity contribution in [3.05, 3.63) is 29.8 Å². The van der Waals surface area contributed by atoms with E-state index in [4.69, 9.17) is 5.11 Å². The number of rotatable bonds is 6. The monoisotopic (exact) mass is 249 g/mol. The molecule has 0 saturated heterocycles. The number of hydrogen-bond donors (Lipinski definition) is 1. The van der Waals surface area contributed by atoms with Gasteiger partial charge in [-0.1, -0.05) is 12.1 Å². The maximum absolute atomic E-state index is 11.1. The first-order chi connectivity index (χ1) is 8.36. The zero-order valence-corrected chi connectivity index (χ0v) is 11.7. The third-order valence-electron chi connectivity index (χ3n) is 3.33. The van der Waals surface area contributed by atoms with Gasteiger partial charge in [0.2, 0.25) is 0 Å². The summed E-state index contributed by atoms with van der Waals surface area (Å²) in [5.74, 6) is -0.734. The molecule has 0 unspecified atom stereocenters. The molecule has 0 bridgehead atoms. The summed E-state index contributed by atoms with van der Waals surface area (Å²) < 4.78 is 0. The second kappa shape index (κ2) is 5.89. The van der Waals surface area contributed by atoms with Crippen LogP contribution in [0.4, 0.5) is 5.69 Å². The molecule has 18 heavy (non-hydrogen) atoms. The van der Waals surface area contributed by atoms with Gasteiger partial charge in [0.1, 0.15) is 0 Å². The van der Waals surface area contributed by atoms with Gasteiger partial charge in [0.05, 0.1) is 5.41 Å². The molecule has 0 heterocycles. The number of carboxylic acids is 1. The molecular formula is C15H23NO2. The minimum atomic E-state index is -0.734. The van der Waals surface area contributed by atoms with E-state index in [1.165, 1.54) is 11.3 Å². The number of carbonyl (C=O) groups is 1. The van der Waals surface area contributed by atoms with Crippen molar-refractivity contribution < 1.29 is 9.90 Å². The van der Waals surface area contributed by atoms with E-state index < -0.39 is 11.4 Å². The topological polar surface area (TPSA) is 40.5 Å². The Morgan fingerprint density at radius 3 is 2.56 bits per heavy atom. The fraction of sp³-hybridized carbons (Fsp3) is 0.533. The van der Waals surface area contributed by atoms with Gasteiger partial charge in [0.25, 0.3) is 0 Å². The molecule has 1 N–H and O–H groups in total. The van der Waals surface area contributed by atoms with E-state index in [1.54, 1.807) is 13.8 Å². The van der Waals surface area contributed by atoms with Crippen molar-refractivity contribution in [3.8, 4) is 0 Å². The van der Waals surface area contributed by atoms with Gasteiger partial charge in [-0.25, -0.2) is 0 Å². The van der Waals surface area contributed by atoms with Gasteiger partial charge in [0, 0.05) is 18.8 Å². The van der Waals surface area contributed by atoms with Gasteiger partial charge in [-0.3, -0.25) is 4.79 Å². The largest absolute Gasteiger partial charge is 0.481 e. The van der Waals surface area contributed by atoms with Crippen molar-refractivity contribution in [2.24, 2.45) is 5.41 Å². The Morgan fingerprint density at radius 1 is 1.39 bits per heavy atom. The highest BCUT2D eigenvalue weighted by Crippen LogP contribution is 2.23. The molecule has 3 heteroatoms. The van der Waals surface area contributed by atoms with Crippen LogP contribution in [0.3, 0.4) is 0 Å². The van der Waals surface area contributed by atoms with E-state index in [-0.39, 0.29) is 0 Å². The summed E-state index contributed by atoms with van der Waals surface area (Å²) >= 11 is 0. The lowest BCUT2D eigenvalue weighted by Crippen LogP contribution is -2.32. The minimum Gasteiger partial charge on any atom is -0.481 e. The van der Waals surface area contributed by atoms with Crippen LogP contribution in [-0.4, -0.2) is 24.2 Å². The number of anilines is 1. The van der Waals surface area contributed by atoms with Gasteiger partial charge in [-0.05, 0) is 51.8 Å². The Balaban J connectivity index is 2.72. The highest BCUT2D eigenvalue weighted by Gasteiger charge is 2.27. The lowest BCUT2D eigenvalue weighted by atomic mass is 9.89. The molecule has 1 rings (SSSR count). The maximum Gasteiger partial charge on any atom is 0.309 e. The smallest absolute Gasteiger partial charge is 0.309 e. The minimum absolute atomic E-state index is 0.643. The average molecular weight is 249 g/mol. The first-order valence-corrected chi connectivity index (χ1v) is 6.42. The van der Waals surface area contributed by atoms with Gasteiger partial charge < -0.3 is 10.0 Å². The van der Waals surface area contributed by atoms with Gasteiger partial charge in [-0.2, -0.15) is 0 Å². The van der Waals surface area contributed by atoms with Crippen molar-refractivity contribution in [2.75, 3.05) is 18.0 Å². The van der Waals surface area contributed by atoms with E-state index in [0.29, 0.717) is 6.42 Å². The van der Waals surface area contributed by atoms with Crippen LogP contribution < -0.4 is 4.90 Å². The number of carboxylic acid groups (broad SMARTS) is 1. The maximum atomic E-state index is 11.1. The van der Waals surface area contributed by atoms with Crippen molar-refractivity contribution in [2.45, 2.75) is 34.1 Å². The van der Waals surface area contributed by atoms with Crippen LogP contribution >= 0.6 is 0 Å². The fourth-order valence-corrected chi connectivity index (χ4v) is 1.82. The van der Waals surface area contributed by atoms with Gasteiger partial charge >= 0.3 is 5.97 Å². The van der Waals surface area contributed by atoms with E-state index >= 15 is 0 Å². The lowest BCUT2D eigenvalue weighted by Gasteiger charge is -2.27. The normalized spacial score (nSPS) is 11.3. The van der Waals surface area contributed by atoms with Gasteiger partial charge in [0.15, 0.2) is 0 Å². The molecule has 1 aromatic rings. The zero-order valence-electron chi connectivity index (χ0n) is 11.7. The van der Waals surface area contributed by atoms with Crippen LogP contribution in [-0.2, 0) is 4.79 Å². The molecule has 0 fully saturated rings. The van der Waals surface area contributed by atoms with Crippen LogP contribution in [0, 0.1) is 12.3 Å². The summed E-state index contributed by atoms with van der Waals surface area (Å²) in [4.78, 5) is 13.3. The van der Waals surface area contributed by atoms with E-state index in [0.717, 1.165) is 13.1 Å². The summed E-state index contributed by atoms with van der Waals surface area (Å²) in [6.45, 7) is 9.37. The second-order valence-electron chi connectivity index (χ2n) is 5.36. The third-order valence-corrected chi connectivity index (χ3v) is 3.33. The third kappa shape index (κ3) is 3.76. The quantitative estimate of drug-likeness (QED) is 0.840. The number of nitrogens with zero attached hydrogens (tertiary/aromatic N) is 1. The molecule has 0 aromatic heterocycles. The van der Waals surface area contributed by atoms with Crippen LogP contribution in [0.1, 0.15) is 32.8 Å². The Labute approximate surface area is 109 Å². The molecule has 0 spiro atoms. The van der Waals surface area contributed by atoms with Crippen LogP contribution in [0.5, 0.6) is 0 Å².